The molecule has 0 aliphatic heterocycles. The highest BCUT2D eigenvalue weighted by atomic mass is 16.5. The van der Waals surface area contributed by atoms with Gasteiger partial charge in [-0.25, -0.2) is 9.48 Å². The van der Waals surface area contributed by atoms with Crippen molar-refractivity contribution >= 4 is 5.97 Å². The van der Waals surface area contributed by atoms with Crippen molar-refractivity contribution in [3.8, 4) is 11.8 Å². The number of para-hydroxylation sites is 1. The summed E-state index contributed by atoms with van der Waals surface area (Å²) < 4.78 is 6.42. The van der Waals surface area contributed by atoms with Crippen LogP contribution in [0, 0.1) is 18.3 Å². The first-order valence-electron chi connectivity index (χ1n) is 5.91. The number of aromatic nitrogens is 2. The van der Waals surface area contributed by atoms with E-state index in [0.717, 1.165) is 5.69 Å². The van der Waals surface area contributed by atoms with Crippen LogP contribution in [0.4, 0.5) is 0 Å². The number of nitrogens with zero attached hydrogens (tertiary/aromatic N) is 3. The van der Waals surface area contributed by atoms with Gasteiger partial charge in [0, 0.05) is 0 Å². The van der Waals surface area contributed by atoms with E-state index in [-0.39, 0.29) is 17.9 Å². The molecule has 5 heteroatoms. The summed E-state index contributed by atoms with van der Waals surface area (Å²) >= 11 is 0. The number of benzene rings is 1. The highest BCUT2D eigenvalue weighted by Crippen LogP contribution is 2.18. The Hall–Kier alpha value is -2.61. The summed E-state index contributed by atoms with van der Waals surface area (Å²) in [6.45, 7) is 3.67. The summed E-state index contributed by atoms with van der Waals surface area (Å²) in [6, 6.07) is 11.2. The second kappa shape index (κ2) is 5.36. The summed E-state index contributed by atoms with van der Waals surface area (Å²) in [5.74, 6) is -0.515. The Bertz CT molecular complexity index is 639. The van der Waals surface area contributed by atoms with Crippen LogP contribution < -0.4 is 0 Å². The zero-order valence-corrected chi connectivity index (χ0v) is 10.8. The van der Waals surface area contributed by atoms with Gasteiger partial charge in [-0.15, -0.1) is 0 Å². The summed E-state index contributed by atoms with van der Waals surface area (Å²) in [7, 11) is 0. The third-order valence-electron chi connectivity index (χ3n) is 2.65. The van der Waals surface area contributed by atoms with Crippen molar-refractivity contribution in [1.82, 2.24) is 9.78 Å². The van der Waals surface area contributed by atoms with Gasteiger partial charge in [0.1, 0.15) is 11.6 Å². The molecule has 0 bridgehead atoms. The molecule has 1 aromatic heterocycles. The van der Waals surface area contributed by atoms with E-state index in [1.165, 1.54) is 4.68 Å². The first-order chi connectivity index (χ1) is 9.19. The second-order valence-electron chi connectivity index (χ2n) is 3.89. The van der Waals surface area contributed by atoms with Gasteiger partial charge < -0.3 is 4.74 Å². The average Bonchev–Trinajstić information content (AvgIpc) is 2.76. The number of ether oxygens (including phenoxy) is 1. The van der Waals surface area contributed by atoms with Gasteiger partial charge in [0.15, 0.2) is 5.69 Å². The lowest BCUT2D eigenvalue weighted by molar-refractivity contribution is 0.0525. The van der Waals surface area contributed by atoms with E-state index < -0.39 is 5.97 Å². The summed E-state index contributed by atoms with van der Waals surface area (Å²) in [5.41, 5.74) is 1.65. The smallest absolute Gasteiger partial charge is 0.343 e. The molecule has 0 amide bonds. The minimum atomic E-state index is -0.515. The molecule has 0 fully saturated rings. The molecule has 0 radical (unpaired) electrons. The van der Waals surface area contributed by atoms with Crippen LogP contribution in [0.3, 0.4) is 0 Å². The zero-order chi connectivity index (χ0) is 13.8. The van der Waals surface area contributed by atoms with Crippen LogP contribution in [0.5, 0.6) is 0 Å². The van der Waals surface area contributed by atoms with Crippen molar-refractivity contribution in [1.29, 1.82) is 5.26 Å². The highest BCUT2D eigenvalue weighted by molar-refractivity contribution is 5.93. The van der Waals surface area contributed by atoms with E-state index in [1.807, 2.05) is 36.4 Å². The van der Waals surface area contributed by atoms with E-state index in [2.05, 4.69) is 5.10 Å². The monoisotopic (exact) mass is 255 g/mol. The molecule has 0 aliphatic carbocycles. The molecule has 1 heterocycles. The molecule has 0 atom stereocenters. The topological polar surface area (TPSA) is 67.9 Å². The Morgan fingerprint density at radius 1 is 1.42 bits per heavy atom. The first kappa shape index (κ1) is 12.8. The number of rotatable bonds is 3. The van der Waals surface area contributed by atoms with Gasteiger partial charge in [-0.1, -0.05) is 18.2 Å². The zero-order valence-electron chi connectivity index (χ0n) is 10.8. The summed E-state index contributed by atoms with van der Waals surface area (Å²) in [5, 5.41) is 13.5. The molecule has 96 valence electrons. The van der Waals surface area contributed by atoms with Crippen molar-refractivity contribution in [2.45, 2.75) is 13.8 Å². The van der Waals surface area contributed by atoms with Gasteiger partial charge in [-0.2, -0.15) is 10.4 Å². The molecule has 0 unspecified atom stereocenters. The van der Waals surface area contributed by atoms with Gasteiger partial charge >= 0.3 is 5.97 Å². The Kier molecular flexibility index (Phi) is 3.62. The summed E-state index contributed by atoms with van der Waals surface area (Å²) in [6.07, 6.45) is 0. The molecule has 1 aromatic carbocycles. The van der Waals surface area contributed by atoms with Gasteiger partial charge in [0.05, 0.1) is 18.0 Å². The van der Waals surface area contributed by atoms with Crippen LogP contribution in [-0.2, 0) is 4.74 Å². The number of esters is 1. The van der Waals surface area contributed by atoms with Crippen LogP contribution in [0.1, 0.15) is 28.7 Å². The lowest BCUT2D eigenvalue weighted by Crippen LogP contribution is -2.08. The summed E-state index contributed by atoms with van der Waals surface area (Å²) in [4.78, 5) is 11.9. The maximum atomic E-state index is 11.9. The lowest BCUT2D eigenvalue weighted by atomic mass is 10.2. The minimum Gasteiger partial charge on any atom is -0.462 e. The Morgan fingerprint density at radius 2 is 2.11 bits per heavy atom. The van der Waals surface area contributed by atoms with Gasteiger partial charge in [0.25, 0.3) is 0 Å². The van der Waals surface area contributed by atoms with Crippen LogP contribution >= 0.6 is 0 Å². The number of hydrogen-bond donors (Lipinski definition) is 0. The van der Waals surface area contributed by atoms with Gasteiger partial charge in [-0.3, -0.25) is 0 Å². The molecule has 2 rings (SSSR count). The second-order valence-corrected chi connectivity index (χ2v) is 3.89. The van der Waals surface area contributed by atoms with Crippen LogP contribution in [0.25, 0.3) is 5.69 Å². The van der Waals surface area contributed by atoms with E-state index in [9.17, 15) is 10.1 Å². The standard InChI is InChI=1S/C14H13N3O2/c1-3-19-14(18)13-10(2)16-17(12(13)9-15)11-7-5-4-6-8-11/h4-8H,3H2,1-2H3. The van der Waals surface area contributed by atoms with Crippen LogP contribution in [0.15, 0.2) is 30.3 Å². The first-order valence-corrected chi connectivity index (χ1v) is 5.91. The van der Waals surface area contributed by atoms with Gasteiger partial charge in [0.2, 0.25) is 0 Å². The van der Waals surface area contributed by atoms with Crippen molar-refractivity contribution in [3.05, 3.63) is 47.3 Å². The van der Waals surface area contributed by atoms with E-state index in [1.54, 1.807) is 13.8 Å². The molecule has 0 aliphatic rings. The highest BCUT2D eigenvalue weighted by Gasteiger charge is 2.23. The molecular weight excluding hydrogens is 242 g/mol. The maximum absolute atomic E-state index is 11.9. The largest absolute Gasteiger partial charge is 0.462 e. The molecule has 0 N–H and O–H groups in total. The van der Waals surface area contributed by atoms with Crippen molar-refractivity contribution in [2.75, 3.05) is 6.61 Å². The fraction of sp³-hybridized carbons (Fsp3) is 0.214. The predicted octanol–water partition coefficient (Wildman–Crippen LogP) is 2.23. The third-order valence-corrected chi connectivity index (χ3v) is 2.65. The van der Waals surface area contributed by atoms with E-state index in [0.29, 0.717) is 5.69 Å². The number of hydrogen-bond acceptors (Lipinski definition) is 4. The van der Waals surface area contributed by atoms with Crippen molar-refractivity contribution < 1.29 is 9.53 Å². The van der Waals surface area contributed by atoms with E-state index >= 15 is 0 Å². The fourth-order valence-corrected chi connectivity index (χ4v) is 1.83. The molecule has 2 aromatic rings. The average molecular weight is 255 g/mol. The van der Waals surface area contributed by atoms with Crippen LogP contribution in [-0.4, -0.2) is 22.4 Å². The van der Waals surface area contributed by atoms with Gasteiger partial charge in [-0.05, 0) is 26.0 Å². The molecule has 19 heavy (non-hydrogen) atoms. The SMILES string of the molecule is CCOC(=O)c1c(C)nn(-c2ccccc2)c1C#N. The Labute approximate surface area is 111 Å². The minimum absolute atomic E-state index is 0.196. The lowest BCUT2D eigenvalue weighted by Gasteiger charge is -2.03. The fourth-order valence-electron chi connectivity index (χ4n) is 1.83. The Morgan fingerprint density at radius 3 is 2.68 bits per heavy atom. The number of carbonyl (C=O) groups excluding carboxylic acids is 1. The quantitative estimate of drug-likeness (QED) is 0.789. The normalized spacial score (nSPS) is 9.95. The van der Waals surface area contributed by atoms with Crippen molar-refractivity contribution in [2.24, 2.45) is 0 Å². The molecular formula is C14H13N3O2. The van der Waals surface area contributed by atoms with Crippen molar-refractivity contribution in [3.63, 3.8) is 0 Å². The van der Waals surface area contributed by atoms with Crippen LogP contribution in [0.2, 0.25) is 0 Å². The molecule has 0 saturated heterocycles. The van der Waals surface area contributed by atoms with E-state index in [4.69, 9.17) is 4.74 Å². The molecule has 0 saturated carbocycles. The maximum Gasteiger partial charge on any atom is 0.343 e. The number of nitriles is 1. The molecule has 0 spiro atoms. The molecule has 5 nitrogen and oxygen atoms in total. The Balaban J connectivity index is 2.57. The predicted molar refractivity (Wildman–Crippen MR) is 69.0 cm³/mol. The number of aryl methyl sites for hydroxylation is 1. The third kappa shape index (κ3) is 2.33. The number of carbonyl (C=O) groups is 1.